The molecule has 0 aromatic heterocycles. The Balaban J connectivity index is 3.47. The van der Waals surface area contributed by atoms with E-state index < -0.39 is 60.8 Å². The van der Waals surface area contributed by atoms with E-state index in [1.54, 1.807) is 12.1 Å². The first-order valence-electron chi connectivity index (χ1n) is 7.83. The molecule has 0 bridgehead atoms. The normalized spacial score (nSPS) is 12.3. The van der Waals surface area contributed by atoms with Crippen molar-refractivity contribution in [3.8, 4) is 18.2 Å². The lowest BCUT2D eigenvalue weighted by Gasteiger charge is -2.33. The van der Waals surface area contributed by atoms with Gasteiger partial charge in [0.1, 0.15) is 25.7 Å². The molecule has 0 fully saturated rings. The maximum absolute atomic E-state index is 13.2. The summed E-state index contributed by atoms with van der Waals surface area (Å²) in [7, 11) is 0. The van der Waals surface area contributed by atoms with Gasteiger partial charge < -0.3 is 9.80 Å². The van der Waals surface area contributed by atoms with Crippen molar-refractivity contribution in [2.45, 2.75) is 25.3 Å². The quantitative estimate of drug-likeness (QED) is 0.523. The maximum atomic E-state index is 13.2. The molecule has 0 saturated heterocycles. The van der Waals surface area contributed by atoms with Crippen molar-refractivity contribution >= 4 is 11.6 Å². The lowest BCUT2D eigenvalue weighted by molar-refractivity contribution is -0.137. The molecule has 0 aliphatic heterocycles. The molecule has 29 heavy (non-hydrogen) atoms. The van der Waals surface area contributed by atoms with E-state index in [2.05, 4.69) is 0 Å². The van der Waals surface area contributed by atoms with Gasteiger partial charge in [-0.05, 0) is 25.1 Å². The Morgan fingerprint density at radius 3 is 2.03 bits per heavy atom. The highest BCUT2D eigenvalue weighted by molar-refractivity contribution is 5.85. The van der Waals surface area contributed by atoms with Gasteiger partial charge in [-0.1, -0.05) is 0 Å². The van der Waals surface area contributed by atoms with E-state index in [1.165, 1.54) is 6.07 Å². The number of carbonyl (C=O) groups is 1. The topological polar surface area (TPSA) is 94.9 Å². The van der Waals surface area contributed by atoms with Crippen LogP contribution in [0.5, 0.6) is 0 Å². The van der Waals surface area contributed by atoms with Gasteiger partial charge >= 0.3 is 12.4 Å². The van der Waals surface area contributed by atoms with Gasteiger partial charge in [0.05, 0.1) is 29.3 Å². The summed E-state index contributed by atoms with van der Waals surface area (Å²) in [5.74, 6) is -1.05. The summed E-state index contributed by atoms with van der Waals surface area (Å²) in [5, 5.41) is 26.3. The molecular formula is C17H13F6N5O. The van der Waals surface area contributed by atoms with Gasteiger partial charge in [-0.2, -0.15) is 42.1 Å². The van der Waals surface area contributed by atoms with Crippen molar-refractivity contribution in [1.29, 1.82) is 15.8 Å². The number of carbonyl (C=O) groups excluding carboxylic acids is 1. The van der Waals surface area contributed by atoms with Gasteiger partial charge in [-0.3, -0.25) is 4.79 Å². The molecule has 0 radical (unpaired) electrons. The predicted octanol–water partition coefficient (Wildman–Crippen LogP) is 3.21. The number of hydrogen-bond acceptors (Lipinski definition) is 5. The summed E-state index contributed by atoms with van der Waals surface area (Å²) in [6.45, 7) is -1.92. The van der Waals surface area contributed by atoms with Crippen molar-refractivity contribution in [1.82, 2.24) is 4.90 Å². The molecule has 0 N–H and O–H groups in total. The monoisotopic (exact) mass is 417 g/mol. The number of alkyl halides is 6. The van der Waals surface area contributed by atoms with E-state index in [0.717, 1.165) is 13.0 Å². The van der Waals surface area contributed by atoms with Crippen LogP contribution < -0.4 is 4.90 Å². The minimum Gasteiger partial charge on any atom is -0.351 e. The molecule has 1 rings (SSSR count). The maximum Gasteiger partial charge on any atom is 0.417 e. The molecule has 0 aliphatic rings. The Kier molecular flexibility index (Phi) is 7.44. The predicted molar refractivity (Wildman–Crippen MR) is 86.8 cm³/mol. The van der Waals surface area contributed by atoms with Crippen LogP contribution in [0, 0.1) is 34.0 Å². The van der Waals surface area contributed by atoms with Crippen LogP contribution in [-0.4, -0.2) is 42.7 Å². The van der Waals surface area contributed by atoms with Gasteiger partial charge in [-0.15, -0.1) is 0 Å². The number of nitrogens with zero attached hydrogens (tertiary/aromatic N) is 5. The third-order valence-corrected chi connectivity index (χ3v) is 3.77. The Morgan fingerprint density at radius 2 is 1.62 bits per heavy atom. The first-order valence-corrected chi connectivity index (χ1v) is 7.83. The average Bonchev–Trinajstić information content (AvgIpc) is 2.63. The molecule has 1 aromatic carbocycles. The summed E-state index contributed by atoms with van der Waals surface area (Å²) < 4.78 is 78.6. The summed E-state index contributed by atoms with van der Waals surface area (Å²) in [6.07, 6.45) is -9.89. The zero-order valence-corrected chi connectivity index (χ0v) is 14.8. The number of hydrogen-bond donors (Lipinski definition) is 0. The van der Waals surface area contributed by atoms with Crippen molar-refractivity contribution in [3.63, 3.8) is 0 Å². The smallest absolute Gasteiger partial charge is 0.351 e. The molecule has 1 amide bonds. The molecule has 0 aliphatic carbocycles. The highest BCUT2D eigenvalue weighted by Gasteiger charge is 2.38. The minimum absolute atomic E-state index is 0.354. The van der Waals surface area contributed by atoms with Crippen LogP contribution in [0.3, 0.4) is 0 Å². The Bertz CT molecular complexity index is 859. The molecule has 1 atom stereocenters. The Labute approximate surface area is 161 Å². The molecule has 0 saturated carbocycles. The number of benzene rings is 1. The van der Waals surface area contributed by atoms with Crippen LogP contribution in [0.25, 0.3) is 0 Å². The van der Waals surface area contributed by atoms with Crippen molar-refractivity contribution < 1.29 is 31.1 Å². The van der Waals surface area contributed by atoms with Gasteiger partial charge in [0.2, 0.25) is 5.91 Å². The zero-order valence-electron chi connectivity index (χ0n) is 14.8. The third-order valence-electron chi connectivity index (χ3n) is 3.77. The van der Waals surface area contributed by atoms with E-state index in [1.807, 2.05) is 0 Å². The second kappa shape index (κ2) is 9.16. The summed E-state index contributed by atoms with van der Waals surface area (Å²) in [4.78, 5) is 13.5. The van der Waals surface area contributed by atoms with E-state index in [4.69, 9.17) is 15.8 Å². The first kappa shape index (κ1) is 23.6. The number of rotatable bonds is 6. The summed E-state index contributed by atoms with van der Waals surface area (Å²) in [5.41, 5.74) is -2.83. The third kappa shape index (κ3) is 6.28. The zero-order chi connectivity index (χ0) is 22.4. The van der Waals surface area contributed by atoms with E-state index in [9.17, 15) is 31.1 Å². The second-order valence-electron chi connectivity index (χ2n) is 5.77. The molecule has 0 heterocycles. The second-order valence-corrected chi connectivity index (χ2v) is 5.77. The van der Waals surface area contributed by atoms with E-state index in [-0.39, 0.29) is 0 Å². The molecule has 6 nitrogen and oxygen atoms in total. The lowest BCUT2D eigenvalue weighted by Crippen LogP contribution is -2.50. The number of anilines is 1. The van der Waals surface area contributed by atoms with Crippen LogP contribution in [-0.2, 0) is 11.0 Å². The largest absolute Gasteiger partial charge is 0.417 e. The van der Waals surface area contributed by atoms with Crippen molar-refractivity contribution in [2.24, 2.45) is 0 Å². The number of amides is 1. The van der Waals surface area contributed by atoms with Gasteiger partial charge in [0.25, 0.3) is 0 Å². The van der Waals surface area contributed by atoms with Gasteiger partial charge in [-0.25, -0.2) is 0 Å². The highest BCUT2D eigenvalue weighted by Crippen LogP contribution is 2.35. The SMILES string of the molecule is CC(C(=O)N(CC#N)CC#N)N(CC(F)(F)F)c1ccc(C#N)c(C(F)(F)F)c1. The summed E-state index contributed by atoms with van der Waals surface area (Å²) in [6, 6.07) is 4.77. The Hall–Kier alpha value is -3.46. The first-order chi connectivity index (χ1) is 13.4. The number of halogens is 6. The summed E-state index contributed by atoms with van der Waals surface area (Å²) >= 11 is 0. The van der Waals surface area contributed by atoms with E-state index >= 15 is 0 Å². The van der Waals surface area contributed by atoms with Gasteiger partial charge in [0, 0.05) is 5.69 Å². The molecule has 1 unspecified atom stereocenters. The fourth-order valence-electron chi connectivity index (χ4n) is 2.47. The van der Waals surface area contributed by atoms with E-state index in [0.29, 0.717) is 21.9 Å². The fraction of sp³-hybridized carbons (Fsp3) is 0.412. The van der Waals surface area contributed by atoms with Crippen molar-refractivity contribution in [3.05, 3.63) is 29.3 Å². The minimum atomic E-state index is -5.01. The lowest BCUT2D eigenvalue weighted by atomic mass is 10.1. The molecule has 12 heteroatoms. The van der Waals surface area contributed by atoms with Gasteiger partial charge in [0.15, 0.2) is 0 Å². The fourth-order valence-corrected chi connectivity index (χ4v) is 2.47. The number of nitriles is 3. The molecule has 0 spiro atoms. The van der Waals surface area contributed by atoms with Crippen LogP contribution in [0.1, 0.15) is 18.1 Å². The van der Waals surface area contributed by atoms with Crippen molar-refractivity contribution in [2.75, 3.05) is 24.5 Å². The molecule has 154 valence electrons. The standard InChI is InChI=1S/C17H13F6N5O/c1-11(15(29)27(6-4-24)7-5-25)28(10-16(18,19)20)13-3-2-12(9-26)14(8-13)17(21,22)23/h2-3,8,11H,6-7,10H2,1H3. The molecular weight excluding hydrogens is 404 g/mol. The average molecular weight is 417 g/mol. The Morgan fingerprint density at radius 1 is 1.07 bits per heavy atom. The van der Waals surface area contributed by atoms with Crippen LogP contribution in [0.15, 0.2) is 18.2 Å². The van der Waals surface area contributed by atoms with Crippen LogP contribution in [0.2, 0.25) is 0 Å². The van der Waals surface area contributed by atoms with Crippen LogP contribution in [0.4, 0.5) is 32.0 Å². The molecule has 1 aromatic rings. The highest BCUT2D eigenvalue weighted by atomic mass is 19.4. The van der Waals surface area contributed by atoms with Crippen LogP contribution >= 0.6 is 0 Å².